The van der Waals surface area contributed by atoms with Crippen LogP contribution in [0, 0.1) is 13.8 Å². The first-order chi connectivity index (χ1) is 16.9. The molecule has 9 heteroatoms. The van der Waals surface area contributed by atoms with E-state index in [1.807, 2.05) is 56.3 Å². The first-order valence-corrected chi connectivity index (χ1v) is 11.8. The number of hydrogen-bond donors (Lipinski definition) is 2. The number of carbonyl (C=O) groups excluding carboxylic acids is 2. The van der Waals surface area contributed by atoms with Gasteiger partial charge in [-0.05, 0) is 74.1 Å². The van der Waals surface area contributed by atoms with Crippen molar-refractivity contribution in [1.29, 1.82) is 0 Å². The van der Waals surface area contributed by atoms with Crippen molar-refractivity contribution in [2.45, 2.75) is 13.8 Å². The van der Waals surface area contributed by atoms with E-state index in [-0.39, 0.29) is 23.5 Å². The normalized spacial score (nSPS) is 13.3. The van der Waals surface area contributed by atoms with Crippen LogP contribution >= 0.6 is 12.2 Å². The number of anilines is 2. The lowest BCUT2D eigenvalue weighted by molar-refractivity contribution is -0.121. The minimum atomic E-state index is -0.332. The smallest absolute Gasteiger partial charge is 0.289 e. The Kier molecular flexibility index (Phi) is 7.67. The minimum absolute atomic E-state index is 0.0795. The molecule has 182 valence electrons. The fourth-order valence-corrected chi connectivity index (χ4v) is 4.14. The molecule has 1 aliphatic rings. The summed E-state index contributed by atoms with van der Waals surface area (Å²) < 4.78 is 10.8. The highest BCUT2D eigenvalue weighted by atomic mass is 32.1. The number of carbonyl (C=O) groups is 2. The molecule has 35 heavy (non-hydrogen) atoms. The van der Waals surface area contributed by atoms with E-state index in [1.165, 1.54) is 6.26 Å². The number of aryl methyl sites for hydroxylation is 2. The quantitative estimate of drug-likeness (QED) is 0.507. The second kappa shape index (κ2) is 11.1. The van der Waals surface area contributed by atoms with Crippen LogP contribution in [0.1, 0.15) is 21.7 Å². The van der Waals surface area contributed by atoms with E-state index in [0.717, 1.165) is 35.6 Å². The first kappa shape index (κ1) is 24.3. The number of nitrogens with zero attached hydrogens (tertiary/aromatic N) is 2. The Morgan fingerprint density at radius 1 is 1.03 bits per heavy atom. The van der Waals surface area contributed by atoms with Crippen LogP contribution in [0.4, 0.5) is 11.4 Å². The SMILES string of the molecule is Cc1ccc(OCC(=O)NC(=S)Nc2ccc(N3CCN(C(=O)c4ccco4)CC3)cc2)c(C)c1. The van der Waals surface area contributed by atoms with Crippen LogP contribution in [0.25, 0.3) is 0 Å². The fourth-order valence-electron chi connectivity index (χ4n) is 3.91. The van der Waals surface area contributed by atoms with Crippen LogP contribution in [0.15, 0.2) is 65.3 Å². The molecule has 1 aromatic heterocycles. The molecule has 2 amide bonds. The topological polar surface area (TPSA) is 87.0 Å². The Hall–Kier alpha value is -3.85. The summed E-state index contributed by atoms with van der Waals surface area (Å²) in [4.78, 5) is 28.6. The predicted octanol–water partition coefficient (Wildman–Crippen LogP) is 3.75. The maximum atomic E-state index is 12.4. The van der Waals surface area contributed by atoms with Gasteiger partial charge < -0.3 is 24.3 Å². The van der Waals surface area contributed by atoms with Crippen molar-refractivity contribution < 1.29 is 18.7 Å². The lowest BCUT2D eigenvalue weighted by Crippen LogP contribution is -2.48. The summed E-state index contributed by atoms with van der Waals surface area (Å²) in [5.74, 6) is 0.630. The average molecular weight is 493 g/mol. The van der Waals surface area contributed by atoms with Crippen molar-refractivity contribution in [3.63, 3.8) is 0 Å². The summed E-state index contributed by atoms with van der Waals surface area (Å²) in [6.07, 6.45) is 1.51. The molecule has 8 nitrogen and oxygen atoms in total. The Labute approximate surface area is 209 Å². The molecule has 0 unspecified atom stereocenters. The molecular formula is C26H28N4O4S. The van der Waals surface area contributed by atoms with Gasteiger partial charge >= 0.3 is 0 Å². The maximum absolute atomic E-state index is 12.4. The number of ether oxygens (including phenoxy) is 1. The molecule has 2 aromatic carbocycles. The molecule has 1 fully saturated rings. The molecule has 0 aliphatic carbocycles. The molecule has 0 atom stereocenters. The Bertz CT molecular complexity index is 1190. The molecule has 1 aliphatic heterocycles. The van der Waals surface area contributed by atoms with Crippen LogP contribution in [-0.4, -0.2) is 54.6 Å². The van der Waals surface area contributed by atoms with Crippen LogP contribution in [0.3, 0.4) is 0 Å². The third-order valence-electron chi connectivity index (χ3n) is 5.73. The molecular weight excluding hydrogens is 464 g/mol. The molecule has 1 saturated heterocycles. The Balaban J connectivity index is 1.22. The number of amides is 2. The first-order valence-electron chi connectivity index (χ1n) is 11.4. The standard InChI is InChI=1S/C26H28N4O4S/c1-18-5-10-22(19(2)16-18)34-17-24(31)28-26(35)27-20-6-8-21(9-7-20)29-11-13-30(14-12-29)25(32)23-4-3-15-33-23/h3-10,15-16H,11-14,17H2,1-2H3,(H2,27,28,31,35). The van der Waals surface area contributed by atoms with Crippen LogP contribution in [0.2, 0.25) is 0 Å². The minimum Gasteiger partial charge on any atom is -0.483 e. The molecule has 4 rings (SSSR count). The van der Waals surface area contributed by atoms with E-state index in [2.05, 4.69) is 15.5 Å². The van der Waals surface area contributed by atoms with E-state index in [0.29, 0.717) is 24.6 Å². The molecule has 2 heterocycles. The van der Waals surface area contributed by atoms with Gasteiger partial charge in [0.25, 0.3) is 11.8 Å². The van der Waals surface area contributed by atoms with Gasteiger partial charge in [-0.2, -0.15) is 0 Å². The van der Waals surface area contributed by atoms with Crippen molar-refractivity contribution in [3.8, 4) is 5.75 Å². The van der Waals surface area contributed by atoms with Gasteiger partial charge in [-0.3, -0.25) is 14.9 Å². The summed E-state index contributed by atoms with van der Waals surface area (Å²) in [5, 5.41) is 5.86. The number of benzene rings is 2. The second-order valence-electron chi connectivity index (χ2n) is 8.36. The summed E-state index contributed by atoms with van der Waals surface area (Å²) in [6, 6.07) is 17.0. The molecule has 0 saturated carbocycles. The second-order valence-corrected chi connectivity index (χ2v) is 8.77. The highest BCUT2D eigenvalue weighted by Crippen LogP contribution is 2.21. The van der Waals surface area contributed by atoms with Crippen molar-refractivity contribution in [1.82, 2.24) is 10.2 Å². The lowest BCUT2D eigenvalue weighted by atomic mass is 10.1. The number of furan rings is 1. The lowest BCUT2D eigenvalue weighted by Gasteiger charge is -2.35. The van der Waals surface area contributed by atoms with E-state index in [1.54, 1.807) is 17.0 Å². The van der Waals surface area contributed by atoms with Gasteiger partial charge in [0.2, 0.25) is 0 Å². The Morgan fingerprint density at radius 2 is 1.77 bits per heavy atom. The molecule has 3 aromatic rings. The maximum Gasteiger partial charge on any atom is 0.289 e. The van der Waals surface area contributed by atoms with Gasteiger partial charge in [-0.1, -0.05) is 17.7 Å². The van der Waals surface area contributed by atoms with Gasteiger partial charge in [0.1, 0.15) is 5.75 Å². The van der Waals surface area contributed by atoms with E-state index in [4.69, 9.17) is 21.4 Å². The zero-order valence-electron chi connectivity index (χ0n) is 19.7. The Morgan fingerprint density at radius 3 is 2.43 bits per heavy atom. The summed E-state index contributed by atoms with van der Waals surface area (Å²) >= 11 is 5.26. The van der Waals surface area contributed by atoms with E-state index < -0.39 is 0 Å². The summed E-state index contributed by atoms with van der Waals surface area (Å²) in [7, 11) is 0. The van der Waals surface area contributed by atoms with Crippen LogP contribution < -0.4 is 20.3 Å². The monoisotopic (exact) mass is 492 g/mol. The zero-order chi connectivity index (χ0) is 24.8. The van der Waals surface area contributed by atoms with Gasteiger partial charge in [0, 0.05) is 37.6 Å². The predicted molar refractivity (Wildman–Crippen MR) is 139 cm³/mol. The number of thiocarbonyl (C=S) groups is 1. The number of nitrogens with one attached hydrogen (secondary N) is 2. The zero-order valence-corrected chi connectivity index (χ0v) is 20.6. The average Bonchev–Trinajstić information content (AvgIpc) is 3.39. The largest absolute Gasteiger partial charge is 0.483 e. The van der Waals surface area contributed by atoms with Gasteiger partial charge in [-0.15, -0.1) is 0 Å². The van der Waals surface area contributed by atoms with E-state index in [9.17, 15) is 9.59 Å². The number of hydrogen-bond acceptors (Lipinski definition) is 6. The third-order valence-corrected chi connectivity index (χ3v) is 5.94. The van der Waals surface area contributed by atoms with Gasteiger partial charge in [-0.25, -0.2) is 0 Å². The third kappa shape index (κ3) is 6.39. The van der Waals surface area contributed by atoms with Crippen LogP contribution in [-0.2, 0) is 4.79 Å². The van der Waals surface area contributed by atoms with Crippen molar-refractivity contribution in [2.75, 3.05) is 43.0 Å². The van der Waals surface area contributed by atoms with Crippen molar-refractivity contribution in [2.24, 2.45) is 0 Å². The molecule has 0 spiro atoms. The fraction of sp³-hybridized carbons (Fsp3) is 0.269. The number of rotatable bonds is 6. The number of piperazine rings is 1. The van der Waals surface area contributed by atoms with Crippen molar-refractivity contribution in [3.05, 3.63) is 77.7 Å². The van der Waals surface area contributed by atoms with Crippen molar-refractivity contribution >= 4 is 40.5 Å². The molecule has 0 bridgehead atoms. The molecule has 2 N–H and O–H groups in total. The highest BCUT2D eigenvalue weighted by molar-refractivity contribution is 7.80. The van der Waals surface area contributed by atoms with E-state index >= 15 is 0 Å². The summed E-state index contributed by atoms with van der Waals surface area (Å²) in [6.45, 7) is 6.53. The van der Waals surface area contributed by atoms with Gasteiger partial charge in [0.15, 0.2) is 17.5 Å². The summed E-state index contributed by atoms with van der Waals surface area (Å²) in [5.41, 5.74) is 3.93. The van der Waals surface area contributed by atoms with Crippen LogP contribution in [0.5, 0.6) is 5.75 Å². The highest BCUT2D eigenvalue weighted by Gasteiger charge is 2.23. The molecule has 0 radical (unpaired) electrons. The van der Waals surface area contributed by atoms with Gasteiger partial charge in [0.05, 0.1) is 6.26 Å².